The van der Waals surface area contributed by atoms with Crippen LogP contribution in [0.5, 0.6) is 11.5 Å². The average Bonchev–Trinajstić information content (AvgIpc) is 3.24. The first-order valence-electron chi connectivity index (χ1n) is 7.72. The van der Waals surface area contributed by atoms with E-state index >= 15 is 0 Å². The van der Waals surface area contributed by atoms with Gasteiger partial charge >= 0.3 is 0 Å². The van der Waals surface area contributed by atoms with Gasteiger partial charge in [0.25, 0.3) is 0 Å². The van der Waals surface area contributed by atoms with Gasteiger partial charge in [-0.3, -0.25) is 0 Å². The van der Waals surface area contributed by atoms with Crippen molar-refractivity contribution < 1.29 is 30.7 Å². The number of nitrogens with one attached hydrogen (secondary N) is 1. The number of halogens is 2. The van der Waals surface area contributed by atoms with Crippen LogP contribution in [-0.4, -0.2) is 6.79 Å². The molecule has 0 amide bonds. The van der Waals surface area contributed by atoms with E-state index in [1.807, 2.05) is 24.3 Å². The van der Waals surface area contributed by atoms with Crippen molar-refractivity contribution in [1.29, 1.82) is 0 Å². The van der Waals surface area contributed by atoms with Crippen LogP contribution in [0.4, 0.5) is 4.39 Å². The lowest BCUT2D eigenvalue weighted by Gasteiger charge is -2.04. The van der Waals surface area contributed by atoms with Crippen molar-refractivity contribution in [2.75, 3.05) is 6.79 Å². The summed E-state index contributed by atoms with van der Waals surface area (Å²) in [6.45, 7) is 1.51. The molecule has 1 aromatic heterocycles. The molecule has 0 fully saturated rings. The second kappa shape index (κ2) is 7.59. The van der Waals surface area contributed by atoms with E-state index in [1.54, 1.807) is 24.3 Å². The molecule has 0 unspecified atom stereocenters. The van der Waals surface area contributed by atoms with Crippen molar-refractivity contribution in [3.8, 4) is 22.8 Å². The second-order valence-electron chi connectivity index (χ2n) is 5.54. The number of fused-ring (bicyclic) bond motifs is 1. The Labute approximate surface area is 151 Å². The summed E-state index contributed by atoms with van der Waals surface area (Å²) in [6.07, 6.45) is 0. The van der Waals surface area contributed by atoms with Crippen molar-refractivity contribution in [3.63, 3.8) is 0 Å². The minimum absolute atomic E-state index is 0. The van der Waals surface area contributed by atoms with Gasteiger partial charge in [0, 0.05) is 6.54 Å². The molecule has 0 atom stereocenters. The topological polar surface area (TPSA) is 43.6 Å². The first kappa shape index (κ1) is 17.3. The van der Waals surface area contributed by atoms with Gasteiger partial charge in [-0.25, -0.2) is 4.39 Å². The zero-order valence-electron chi connectivity index (χ0n) is 13.3. The Morgan fingerprint density at radius 3 is 2.64 bits per heavy atom. The van der Waals surface area contributed by atoms with E-state index in [-0.39, 0.29) is 25.0 Å². The lowest BCUT2D eigenvalue weighted by atomic mass is 10.1. The summed E-state index contributed by atoms with van der Waals surface area (Å²) in [7, 11) is 0. The summed E-state index contributed by atoms with van der Waals surface area (Å²) in [4.78, 5) is 0. The van der Waals surface area contributed by atoms with Gasteiger partial charge in [-0.05, 0) is 42.0 Å². The van der Waals surface area contributed by atoms with Crippen LogP contribution in [0.1, 0.15) is 11.3 Å². The Morgan fingerprint density at radius 2 is 1.76 bits per heavy atom. The van der Waals surface area contributed by atoms with E-state index in [2.05, 4.69) is 5.32 Å². The SMILES string of the molecule is Fc1ccccc1-c1ccc(CNCc2ccc3c(c2)OCO3)o1.[Cl-]. The van der Waals surface area contributed by atoms with Crippen molar-refractivity contribution in [3.05, 3.63) is 71.7 Å². The number of hydrogen-bond donors (Lipinski definition) is 1. The van der Waals surface area contributed by atoms with Crippen LogP contribution in [0.3, 0.4) is 0 Å². The highest BCUT2D eigenvalue weighted by Gasteiger charge is 2.13. The molecule has 4 nitrogen and oxygen atoms in total. The summed E-state index contributed by atoms with van der Waals surface area (Å²) < 4.78 is 30.1. The highest BCUT2D eigenvalue weighted by molar-refractivity contribution is 5.58. The second-order valence-corrected chi connectivity index (χ2v) is 5.54. The fraction of sp³-hybridized carbons (Fsp3) is 0.158. The number of rotatable bonds is 5. The predicted octanol–water partition coefficient (Wildman–Crippen LogP) is 1.11. The molecule has 3 aromatic rings. The molecule has 0 radical (unpaired) electrons. The molecule has 6 heteroatoms. The molecule has 2 aromatic carbocycles. The molecule has 1 N–H and O–H groups in total. The Hall–Kier alpha value is -2.50. The van der Waals surface area contributed by atoms with E-state index in [4.69, 9.17) is 13.9 Å². The zero-order chi connectivity index (χ0) is 16.4. The largest absolute Gasteiger partial charge is 1.00 e. The van der Waals surface area contributed by atoms with Crippen LogP contribution in [0.15, 0.2) is 59.0 Å². The summed E-state index contributed by atoms with van der Waals surface area (Å²) in [5.74, 6) is 2.56. The van der Waals surface area contributed by atoms with Gasteiger partial charge in [0.2, 0.25) is 6.79 Å². The van der Waals surface area contributed by atoms with Crippen molar-refractivity contribution >= 4 is 0 Å². The van der Waals surface area contributed by atoms with Gasteiger partial charge in [-0.1, -0.05) is 18.2 Å². The van der Waals surface area contributed by atoms with E-state index < -0.39 is 0 Å². The maximum atomic E-state index is 13.8. The van der Waals surface area contributed by atoms with Crippen molar-refractivity contribution in [2.24, 2.45) is 0 Å². The van der Waals surface area contributed by atoms with Crippen LogP contribution in [0, 0.1) is 5.82 Å². The minimum atomic E-state index is -0.285. The molecule has 1 aliphatic heterocycles. The highest BCUT2D eigenvalue weighted by Crippen LogP contribution is 2.32. The zero-order valence-corrected chi connectivity index (χ0v) is 14.1. The molecular weight excluding hydrogens is 345 g/mol. The minimum Gasteiger partial charge on any atom is -1.00 e. The molecule has 0 bridgehead atoms. The molecule has 2 heterocycles. The third-order valence-electron chi connectivity index (χ3n) is 3.87. The summed E-state index contributed by atoms with van der Waals surface area (Å²) >= 11 is 0. The van der Waals surface area contributed by atoms with Crippen LogP contribution in [-0.2, 0) is 13.1 Å². The molecule has 4 rings (SSSR count). The van der Waals surface area contributed by atoms with Gasteiger partial charge in [0.15, 0.2) is 11.5 Å². The first-order valence-corrected chi connectivity index (χ1v) is 7.72. The van der Waals surface area contributed by atoms with E-state index in [1.165, 1.54) is 6.07 Å². The average molecular weight is 361 g/mol. The summed E-state index contributed by atoms with van der Waals surface area (Å²) in [6, 6.07) is 16.1. The Bertz CT molecular complexity index is 865. The predicted molar refractivity (Wildman–Crippen MR) is 87.2 cm³/mol. The van der Waals surface area contributed by atoms with Crippen LogP contribution < -0.4 is 27.2 Å². The smallest absolute Gasteiger partial charge is 0.231 e. The summed E-state index contributed by atoms with van der Waals surface area (Å²) in [5, 5.41) is 3.30. The standard InChI is InChI=1S/C19H16FNO3.ClH/c20-16-4-2-1-3-15(16)17-8-6-14(24-17)11-21-10-13-5-7-18-19(9-13)23-12-22-18;/h1-9,21H,10-12H2;1H/p-1. The molecular formula is C19H16ClFNO3-. The molecule has 0 saturated heterocycles. The van der Waals surface area contributed by atoms with Crippen LogP contribution >= 0.6 is 0 Å². The normalized spacial score (nSPS) is 12.0. The van der Waals surface area contributed by atoms with Crippen LogP contribution in [0.2, 0.25) is 0 Å². The number of furan rings is 1. The third kappa shape index (κ3) is 3.78. The molecule has 0 spiro atoms. The number of ether oxygens (including phenoxy) is 2. The lowest BCUT2D eigenvalue weighted by Crippen LogP contribution is -3.00. The highest BCUT2D eigenvalue weighted by atomic mass is 35.5. The van der Waals surface area contributed by atoms with Gasteiger partial charge in [-0.15, -0.1) is 0 Å². The maximum Gasteiger partial charge on any atom is 0.231 e. The Kier molecular flexibility index (Phi) is 5.26. The van der Waals surface area contributed by atoms with E-state index in [0.717, 1.165) is 22.8 Å². The van der Waals surface area contributed by atoms with E-state index in [0.29, 0.717) is 24.4 Å². The van der Waals surface area contributed by atoms with Crippen LogP contribution in [0.25, 0.3) is 11.3 Å². The van der Waals surface area contributed by atoms with E-state index in [9.17, 15) is 4.39 Å². The molecule has 0 aliphatic carbocycles. The third-order valence-corrected chi connectivity index (χ3v) is 3.87. The fourth-order valence-electron chi connectivity index (χ4n) is 2.66. The summed E-state index contributed by atoms with van der Waals surface area (Å²) in [5.41, 5.74) is 1.57. The quantitative estimate of drug-likeness (QED) is 0.740. The molecule has 0 saturated carbocycles. The number of benzene rings is 2. The van der Waals surface area contributed by atoms with Gasteiger partial charge in [0.05, 0.1) is 12.1 Å². The van der Waals surface area contributed by atoms with Crippen molar-refractivity contribution in [1.82, 2.24) is 5.32 Å². The first-order chi connectivity index (χ1) is 11.8. The van der Waals surface area contributed by atoms with Gasteiger partial charge in [-0.2, -0.15) is 0 Å². The maximum absolute atomic E-state index is 13.8. The monoisotopic (exact) mass is 360 g/mol. The Morgan fingerprint density at radius 1 is 0.920 bits per heavy atom. The van der Waals surface area contributed by atoms with Crippen molar-refractivity contribution in [2.45, 2.75) is 13.1 Å². The Balaban J connectivity index is 0.00000182. The van der Waals surface area contributed by atoms with Gasteiger partial charge < -0.3 is 31.6 Å². The van der Waals surface area contributed by atoms with Gasteiger partial charge in [0.1, 0.15) is 17.3 Å². The fourth-order valence-corrected chi connectivity index (χ4v) is 2.66. The molecule has 130 valence electrons. The lowest BCUT2D eigenvalue weighted by molar-refractivity contribution is -0.00000752. The number of hydrogen-bond acceptors (Lipinski definition) is 4. The molecule has 25 heavy (non-hydrogen) atoms. The molecule has 1 aliphatic rings.